The van der Waals surface area contributed by atoms with Crippen LogP contribution < -0.4 is 10.9 Å². The number of amides is 1. The van der Waals surface area contributed by atoms with Gasteiger partial charge in [-0.25, -0.2) is 0 Å². The molecule has 25 heavy (non-hydrogen) atoms. The maximum atomic E-state index is 12.2. The SMILES string of the molecule is O=C(NCc1nnc2c(=O)[nH]ccn12)c1cnn(-c2ccccc2)n1. The number of rotatable bonds is 4. The Morgan fingerprint density at radius 1 is 1.20 bits per heavy atom. The summed E-state index contributed by atoms with van der Waals surface area (Å²) in [6.45, 7) is 0.0989. The van der Waals surface area contributed by atoms with E-state index in [2.05, 4.69) is 30.7 Å². The fourth-order valence-electron chi connectivity index (χ4n) is 2.31. The van der Waals surface area contributed by atoms with Gasteiger partial charge in [-0.15, -0.1) is 15.3 Å². The number of aromatic nitrogens is 7. The van der Waals surface area contributed by atoms with Crippen LogP contribution in [0.5, 0.6) is 0 Å². The molecule has 124 valence electrons. The molecule has 0 atom stereocenters. The molecular weight excluding hydrogens is 324 g/mol. The molecule has 10 heteroatoms. The molecule has 3 aromatic heterocycles. The highest BCUT2D eigenvalue weighted by Crippen LogP contribution is 2.04. The molecule has 1 amide bonds. The molecule has 0 saturated carbocycles. The van der Waals surface area contributed by atoms with Crippen molar-refractivity contribution in [2.75, 3.05) is 0 Å². The number of nitrogens with one attached hydrogen (secondary N) is 2. The van der Waals surface area contributed by atoms with Crippen LogP contribution in [0, 0.1) is 0 Å². The molecule has 0 saturated heterocycles. The lowest BCUT2D eigenvalue weighted by Crippen LogP contribution is -2.24. The lowest BCUT2D eigenvalue weighted by molar-refractivity contribution is 0.0944. The van der Waals surface area contributed by atoms with E-state index in [-0.39, 0.29) is 23.4 Å². The molecule has 2 N–H and O–H groups in total. The van der Waals surface area contributed by atoms with Crippen molar-refractivity contribution in [2.45, 2.75) is 6.54 Å². The quantitative estimate of drug-likeness (QED) is 0.538. The number of H-pyrrole nitrogens is 1. The average Bonchev–Trinajstić information content (AvgIpc) is 3.29. The molecule has 0 aliphatic heterocycles. The molecule has 4 aromatic rings. The van der Waals surface area contributed by atoms with Gasteiger partial charge in [0.1, 0.15) is 0 Å². The van der Waals surface area contributed by atoms with Crippen LogP contribution in [-0.4, -0.2) is 40.5 Å². The Balaban J connectivity index is 1.50. The van der Waals surface area contributed by atoms with E-state index >= 15 is 0 Å². The highest BCUT2D eigenvalue weighted by molar-refractivity contribution is 5.91. The summed E-state index contributed by atoms with van der Waals surface area (Å²) < 4.78 is 1.51. The minimum Gasteiger partial charge on any atom is -0.343 e. The molecule has 0 spiro atoms. The van der Waals surface area contributed by atoms with Crippen LogP contribution in [-0.2, 0) is 6.54 Å². The first-order valence-corrected chi connectivity index (χ1v) is 7.39. The zero-order chi connectivity index (χ0) is 17.2. The highest BCUT2D eigenvalue weighted by Gasteiger charge is 2.13. The predicted octanol–water partition coefficient (Wildman–Crippen LogP) is -0.0717. The number of nitrogens with zero attached hydrogens (tertiary/aromatic N) is 6. The smallest absolute Gasteiger partial charge is 0.293 e. The summed E-state index contributed by atoms with van der Waals surface area (Å²) in [4.78, 5) is 27.7. The Hall–Kier alpha value is -3.82. The molecule has 0 bridgehead atoms. The van der Waals surface area contributed by atoms with Crippen molar-refractivity contribution in [1.29, 1.82) is 0 Å². The van der Waals surface area contributed by atoms with E-state index in [1.54, 1.807) is 6.20 Å². The van der Waals surface area contributed by atoms with Gasteiger partial charge in [-0.3, -0.25) is 14.0 Å². The summed E-state index contributed by atoms with van der Waals surface area (Å²) in [5, 5.41) is 18.6. The maximum absolute atomic E-state index is 12.2. The van der Waals surface area contributed by atoms with E-state index in [9.17, 15) is 9.59 Å². The zero-order valence-electron chi connectivity index (χ0n) is 12.8. The van der Waals surface area contributed by atoms with Gasteiger partial charge in [0.2, 0.25) is 5.65 Å². The van der Waals surface area contributed by atoms with Gasteiger partial charge in [-0.05, 0) is 12.1 Å². The summed E-state index contributed by atoms with van der Waals surface area (Å²) >= 11 is 0. The van der Waals surface area contributed by atoms with E-state index in [4.69, 9.17) is 0 Å². The Morgan fingerprint density at radius 3 is 2.88 bits per heavy atom. The Labute approximate surface area is 140 Å². The number of benzene rings is 1. The standard InChI is InChI=1S/C15H12N8O2/c24-14(11-8-18-23(21-11)10-4-2-1-3-5-10)17-9-12-19-20-13-15(25)16-6-7-22(12)13/h1-8H,9H2,(H,16,25)(H,17,24). The molecule has 0 aliphatic carbocycles. The summed E-state index contributed by atoms with van der Waals surface area (Å²) in [7, 11) is 0. The van der Waals surface area contributed by atoms with E-state index in [0.717, 1.165) is 5.69 Å². The van der Waals surface area contributed by atoms with Gasteiger partial charge in [-0.2, -0.15) is 9.90 Å². The van der Waals surface area contributed by atoms with Gasteiger partial charge in [0.15, 0.2) is 11.5 Å². The fraction of sp³-hybridized carbons (Fsp3) is 0.0667. The second kappa shape index (κ2) is 6.00. The molecule has 0 aliphatic rings. The molecule has 3 heterocycles. The number of aromatic amines is 1. The van der Waals surface area contributed by atoms with Gasteiger partial charge in [-0.1, -0.05) is 18.2 Å². The molecule has 1 aromatic carbocycles. The molecule has 4 rings (SSSR count). The summed E-state index contributed by atoms with van der Waals surface area (Å²) in [6, 6.07) is 9.27. The maximum Gasteiger partial charge on any atom is 0.293 e. The molecule has 0 unspecified atom stereocenters. The van der Waals surface area contributed by atoms with Crippen LogP contribution in [0.25, 0.3) is 11.3 Å². The van der Waals surface area contributed by atoms with Crippen molar-refractivity contribution in [3.05, 3.63) is 70.8 Å². The predicted molar refractivity (Wildman–Crippen MR) is 86.1 cm³/mol. The second-order valence-corrected chi connectivity index (χ2v) is 5.14. The minimum absolute atomic E-state index is 0.0989. The van der Waals surface area contributed by atoms with E-state index < -0.39 is 5.91 Å². The van der Waals surface area contributed by atoms with Crippen LogP contribution in [0.4, 0.5) is 0 Å². The zero-order valence-corrected chi connectivity index (χ0v) is 12.8. The Kier molecular flexibility index (Phi) is 3.54. The normalized spacial score (nSPS) is 10.9. The van der Waals surface area contributed by atoms with Crippen LogP contribution in [0.15, 0.2) is 53.7 Å². The molecule has 10 nitrogen and oxygen atoms in total. The number of hydrogen-bond acceptors (Lipinski definition) is 6. The van der Waals surface area contributed by atoms with Crippen LogP contribution >= 0.6 is 0 Å². The van der Waals surface area contributed by atoms with Crippen molar-refractivity contribution in [2.24, 2.45) is 0 Å². The lowest BCUT2D eigenvalue weighted by atomic mass is 10.3. The monoisotopic (exact) mass is 336 g/mol. The van der Waals surface area contributed by atoms with Gasteiger partial charge in [0, 0.05) is 12.4 Å². The minimum atomic E-state index is -0.399. The van der Waals surface area contributed by atoms with Gasteiger partial charge < -0.3 is 10.3 Å². The molecular formula is C15H12N8O2. The summed E-state index contributed by atoms with van der Waals surface area (Å²) in [6.07, 6.45) is 4.48. The third kappa shape index (κ3) is 2.76. The van der Waals surface area contributed by atoms with Crippen molar-refractivity contribution >= 4 is 11.6 Å². The van der Waals surface area contributed by atoms with E-state index in [0.29, 0.717) is 5.82 Å². The Bertz CT molecular complexity index is 1100. The van der Waals surface area contributed by atoms with Gasteiger partial charge in [0.25, 0.3) is 11.5 Å². The number of fused-ring (bicyclic) bond motifs is 1. The van der Waals surface area contributed by atoms with Crippen molar-refractivity contribution in [3.8, 4) is 5.69 Å². The number of carbonyl (C=O) groups is 1. The number of carbonyl (C=O) groups excluding carboxylic acids is 1. The van der Waals surface area contributed by atoms with Crippen molar-refractivity contribution < 1.29 is 4.79 Å². The van der Waals surface area contributed by atoms with Crippen molar-refractivity contribution in [1.82, 2.24) is 39.9 Å². The number of hydrogen-bond donors (Lipinski definition) is 2. The van der Waals surface area contributed by atoms with Crippen LogP contribution in [0.3, 0.4) is 0 Å². The van der Waals surface area contributed by atoms with Gasteiger partial charge >= 0.3 is 0 Å². The first-order valence-electron chi connectivity index (χ1n) is 7.39. The second-order valence-electron chi connectivity index (χ2n) is 5.14. The molecule has 0 radical (unpaired) electrons. The average molecular weight is 336 g/mol. The van der Waals surface area contributed by atoms with Crippen LogP contribution in [0.1, 0.15) is 16.3 Å². The lowest BCUT2D eigenvalue weighted by Gasteiger charge is -2.01. The number of para-hydroxylation sites is 1. The summed E-state index contributed by atoms with van der Waals surface area (Å²) in [5.74, 6) is 0.0358. The van der Waals surface area contributed by atoms with Crippen molar-refractivity contribution in [3.63, 3.8) is 0 Å². The highest BCUT2D eigenvalue weighted by atomic mass is 16.2. The van der Waals surface area contributed by atoms with Gasteiger partial charge in [0.05, 0.1) is 18.4 Å². The van der Waals surface area contributed by atoms with E-state index in [1.807, 2.05) is 30.3 Å². The van der Waals surface area contributed by atoms with Crippen LogP contribution in [0.2, 0.25) is 0 Å². The summed E-state index contributed by atoms with van der Waals surface area (Å²) in [5.41, 5.74) is 0.750. The molecule has 0 fully saturated rings. The third-order valence-electron chi connectivity index (χ3n) is 3.53. The Morgan fingerprint density at radius 2 is 2.04 bits per heavy atom. The fourth-order valence-corrected chi connectivity index (χ4v) is 2.31. The van der Waals surface area contributed by atoms with E-state index in [1.165, 1.54) is 21.6 Å². The first-order chi connectivity index (χ1) is 12.2. The largest absolute Gasteiger partial charge is 0.343 e. The topological polar surface area (TPSA) is 123 Å². The first kappa shape index (κ1) is 14.8. The third-order valence-corrected chi connectivity index (χ3v) is 3.53.